The molecule has 1 N–H and O–H groups in total. The van der Waals surface area contributed by atoms with Gasteiger partial charge in [-0.05, 0) is 24.3 Å². The summed E-state index contributed by atoms with van der Waals surface area (Å²) in [6.07, 6.45) is 0.0985. The third-order valence-electron chi connectivity index (χ3n) is 3.88. The predicted molar refractivity (Wildman–Crippen MR) is 92.7 cm³/mol. The highest BCUT2D eigenvalue weighted by Crippen LogP contribution is 2.34. The van der Waals surface area contributed by atoms with Gasteiger partial charge in [-0.25, -0.2) is 17.2 Å². The molecule has 1 amide bonds. The second-order valence-corrected chi connectivity index (χ2v) is 7.72. The normalized spacial score (nSPS) is 17.0. The standard InChI is InChI=1S/C17H16F2N2O4S/c1-26(23,24)21-9-8-16(25-15-5-3-2-4-14(15)21)17(22)20-13-7-6-11(18)10-12(13)19/h2-7,10,16H,8-9H2,1H3,(H,20,22). The fourth-order valence-corrected chi connectivity index (χ4v) is 3.61. The van der Waals surface area contributed by atoms with Gasteiger partial charge in [-0.15, -0.1) is 0 Å². The Morgan fingerprint density at radius 1 is 1.23 bits per heavy atom. The molecule has 6 nitrogen and oxygen atoms in total. The molecule has 26 heavy (non-hydrogen) atoms. The SMILES string of the molecule is CS(=O)(=O)N1CCC(C(=O)Nc2ccc(F)cc2F)Oc2ccccc21. The quantitative estimate of drug-likeness (QED) is 0.885. The van der Waals surface area contributed by atoms with Gasteiger partial charge in [-0.3, -0.25) is 9.10 Å². The molecule has 1 aliphatic rings. The van der Waals surface area contributed by atoms with E-state index in [1.165, 1.54) is 0 Å². The zero-order chi connectivity index (χ0) is 18.9. The van der Waals surface area contributed by atoms with Crippen LogP contribution in [0.15, 0.2) is 42.5 Å². The number of rotatable bonds is 3. The molecule has 0 aliphatic carbocycles. The number of fused-ring (bicyclic) bond motifs is 1. The van der Waals surface area contributed by atoms with Crippen LogP contribution < -0.4 is 14.4 Å². The molecule has 0 radical (unpaired) electrons. The van der Waals surface area contributed by atoms with Crippen LogP contribution in [0.25, 0.3) is 0 Å². The summed E-state index contributed by atoms with van der Waals surface area (Å²) >= 11 is 0. The molecule has 0 saturated heterocycles. The van der Waals surface area contributed by atoms with Crippen LogP contribution in [0.3, 0.4) is 0 Å². The molecule has 1 unspecified atom stereocenters. The van der Waals surface area contributed by atoms with Crippen LogP contribution in [0.2, 0.25) is 0 Å². The molecule has 1 heterocycles. The highest BCUT2D eigenvalue weighted by Gasteiger charge is 2.31. The minimum Gasteiger partial charge on any atom is -0.478 e. The first-order valence-corrected chi connectivity index (χ1v) is 9.60. The average Bonchev–Trinajstić information content (AvgIpc) is 2.76. The number of ether oxygens (including phenoxy) is 1. The Labute approximate surface area is 149 Å². The minimum absolute atomic E-state index is 0.0276. The second-order valence-electron chi connectivity index (χ2n) is 5.81. The maximum absolute atomic E-state index is 13.7. The number of carbonyl (C=O) groups excluding carboxylic acids is 1. The van der Waals surface area contributed by atoms with Crippen molar-refractivity contribution in [3.8, 4) is 5.75 Å². The number of benzene rings is 2. The largest absolute Gasteiger partial charge is 0.478 e. The molecule has 1 aliphatic heterocycles. The summed E-state index contributed by atoms with van der Waals surface area (Å²) in [5.41, 5.74) is 0.149. The van der Waals surface area contributed by atoms with E-state index in [1.807, 2.05) is 0 Å². The van der Waals surface area contributed by atoms with Crippen molar-refractivity contribution in [2.24, 2.45) is 0 Å². The van der Waals surface area contributed by atoms with Crippen LogP contribution in [0.4, 0.5) is 20.2 Å². The summed E-state index contributed by atoms with van der Waals surface area (Å²) in [6, 6.07) is 9.23. The van der Waals surface area contributed by atoms with Crippen LogP contribution in [0.5, 0.6) is 5.75 Å². The van der Waals surface area contributed by atoms with E-state index >= 15 is 0 Å². The molecule has 2 aromatic rings. The van der Waals surface area contributed by atoms with Crippen molar-refractivity contribution in [1.82, 2.24) is 0 Å². The number of anilines is 2. The highest BCUT2D eigenvalue weighted by atomic mass is 32.2. The van der Waals surface area contributed by atoms with Gasteiger partial charge in [-0.2, -0.15) is 0 Å². The van der Waals surface area contributed by atoms with E-state index in [9.17, 15) is 22.0 Å². The van der Waals surface area contributed by atoms with Crippen LogP contribution in [-0.4, -0.2) is 33.2 Å². The predicted octanol–water partition coefficient (Wildman–Crippen LogP) is 2.52. The molecule has 0 fully saturated rings. The molecule has 0 bridgehead atoms. The van der Waals surface area contributed by atoms with Gasteiger partial charge in [0.15, 0.2) is 6.10 Å². The smallest absolute Gasteiger partial charge is 0.265 e. The van der Waals surface area contributed by atoms with E-state index in [0.29, 0.717) is 11.8 Å². The molecular formula is C17H16F2N2O4S. The number of para-hydroxylation sites is 2. The van der Waals surface area contributed by atoms with Gasteiger partial charge in [0.25, 0.3) is 5.91 Å². The number of hydrogen-bond acceptors (Lipinski definition) is 4. The lowest BCUT2D eigenvalue weighted by atomic mass is 10.2. The number of carbonyl (C=O) groups is 1. The molecule has 0 spiro atoms. The Kier molecular flexibility index (Phi) is 4.82. The van der Waals surface area contributed by atoms with Crippen molar-refractivity contribution in [1.29, 1.82) is 0 Å². The van der Waals surface area contributed by atoms with Gasteiger partial charge in [-0.1, -0.05) is 12.1 Å². The zero-order valence-corrected chi connectivity index (χ0v) is 14.6. The van der Waals surface area contributed by atoms with Crippen molar-refractivity contribution < 1.29 is 26.7 Å². The number of nitrogens with one attached hydrogen (secondary N) is 1. The maximum atomic E-state index is 13.7. The lowest BCUT2D eigenvalue weighted by molar-refractivity contribution is -0.122. The number of hydrogen-bond donors (Lipinski definition) is 1. The Hall–Kier alpha value is -2.68. The summed E-state index contributed by atoms with van der Waals surface area (Å²) in [6.45, 7) is 0.0276. The Morgan fingerprint density at radius 2 is 1.96 bits per heavy atom. The topological polar surface area (TPSA) is 75.7 Å². The van der Waals surface area contributed by atoms with Crippen molar-refractivity contribution in [2.75, 3.05) is 22.4 Å². The van der Waals surface area contributed by atoms with Crippen molar-refractivity contribution >= 4 is 27.3 Å². The molecule has 138 valence electrons. The van der Waals surface area contributed by atoms with Crippen LogP contribution in [-0.2, 0) is 14.8 Å². The van der Waals surface area contributed by atoms with E-state index in [4.69, 9.17) is 4.74 Å². The van der Waals surface area contributed by atoms with Gasteiger partial charge < -0.3 is 10.1 Å². The summed E-state index contributed by atoms with van der Waals surface area (Å²) in [7, 11) is -3.56. The van der Waals surface area contributed by atoms with Gasteiger partial charge >= 0.3 is 0 Å². The maximum Gasteiger partial charge on any atom is 0.265 e. The summed E-state index contributed by atoms with van der Waals surface area (Å²) in [5.74, 6) is -2.09. The molecule has 0 saturated carbocycles. The lowest BCUT2D eigenvalue weighted by Crippen LogP contribution is -2.36. The Morgan fingerprint density at radius 3 is 2.65 bits per heavy atom. The Bertz CT molecular complexity index is 950. The van der Waals surface area contributed by atoms with Crippen molar-refractivity contribution in [3.63, 3.8) is 0 Å². The fraction of sp³-hybridized carbons (Fsp3) is 0.235. The van der Waals surface area contributed by atoms with Gasteiger partial charge in [0.05, 0.1) is 17.6 Å². The van der Waals surface area contributed by atoms with E-state index < -0.39 is 33.7 Å². The van der Waals surface area contributed by atoms with Crippen LogP contribution in [0.1, 0.15) is 6.42 Å². The number of halogens is 2. The van der Waals surface area contributed by atoms with E-state index in [0.717, 1.165) is 22.7 Å². The van der Waals surface area contributed by atoms with E-state index in [2.05, 4.69) is 5.32 Å². The summed E-state index contributed by atoms with van der Waals surface area (Å²) in [4.78, 5) is 12.5. The first kappa shape index (κ1) is 18.1. The van der Waals surface area contributed by atoms with Gasteiger partial charge in [0.2, 0.25) is 10.0 Å². The third-order valence-corrected chi connectivity index (χ3v) is 5.06. The van der Waals surface area contributed by atoms with E-state index in [1.54, 1.807) is 24.3 Å². The lowest BCUT2D eigenvalue weighted by Gasteiger charge is -2.20. The Balaban J connectivity index is 1.85. The van der Waals surface area contributed by atoms with Gasteiger partial charge in [0.1, 0.15) is 17.4 Å². The molecule has 9 heteroatoms. The minimum atomic E-state index is -3.56. The van der Waals surface area contributed by atoms with E-state index in [-0.39, 0.29) is 24.4 Å². The molecular weight excluding hydrogens is 366 g/mol. The molecule has 3 rings (SSSR count). The third kappa shape index (κ3) is 3.77. The highest BCUT2D eigenvalue weighted by molar-refractivity contribution is 7.92. The molecule has 1 atom stereocenters. The van der Waals surface area contributed by atoms with Crippen LogP contribution >= 0.6 is 0 Å². The van der Waals surface area contributed by atoms with Crippen molar-refractivity contribution in [2.45, 2.75) is 12.5 Å². The fourth-order valence-electron chi connectivity index (χ4n) is 2.66. The van der Waals surface area contributed by atoms with Crippen molar-refractivity contribution in [3.05, 3.63) is 54.1 Å². The monoisotopic (exact) mass is 382 g/mol. The number of nitrogens with zero attached hydrogens (tertiary/aromatic N) is 1. The molecule has 0 aromatic heterocycles. The number of sulfonamides is 1. The van der Waals surface area contributed by atoms with Gasteiger partial charge in [0, 0.05) is 19.0 Å². The van der Waals surface area contributed by atoms with Crippen LogP contribution in [0, 0.1) is 11.6 Å². The average molecular weight is 382 g/mol. The zero-order valence-electron chi connectivity index (χ0n) is 13.8. The second kappa shape index (κ2) is 6.91. The summed E-state index contributed by atoms with van der Waals surface area (Å²) < 4.78 is 57.6. The summed E-state index contributed by atoms with van der Waals surface area (Å²) in [5, 5.41) is 2.35. The first-order valence-electron chi connectivity index (χ1n) is 7.75. The number of amides is 1. The molecule has 2 aromatic carbocycles. The first-order chi connectivity index (χ1) is 12.3.